The molecule has 1 amide bonds. The van der Waals surface area contributed by atoms with Gasteiger partial charge in [-0.25, -0.2) is 9.78 Å². The highest BCUT2D eigenvalue weighted by Gasteiger charge is 2.22. The van der Waals surface area contributed by atoms with E-state index in [1.165, 1.54) is 6.20 Å². The van der Waals surface area contributed by atoms with E-state index in [1.807, 2.05) is 0 Å². The van der Waals surface area contributed by atoms with Crippen molar-refractivity contribution in [3.63, 3.8) is 0 Å². The maximum absolute atomic E-state index is 11.8. The van der Waals surface area contributed by atoms with Crippen LogP contribution in [0.4, 0.5) is 0 Å². The first-order chi connectivity index (χ1) is 9.93. The Kier molecular flexibility index (Phi) is 6.54. The van der Waals surface area contributed by atoms with Crippen LogP contribution >= 0.6 is 11.6 Å². The Balaban J connectivity index is 2.64. The van der Waals surface area contributed by atoms with Gasteiger partial charge in [-0.05, 0) is 13.3 Å². The molecule has 8 nitrogen and oxygen atoms in total. The van der Waals surface area contributed by atoms with Crippen LogP contribution in [0, 0.1) is 0 Å². The van der Waals surface area contributed by atoms with Crippen LogP contribution in [0.2, 0.25) is 5.15 Å². The molecule has 0 radical (unpaired) electrons. The second-order valence-electron chi connectivity index (χ2n) is 3.94. The molecule has 1 aromatic heterocycles. The monoisotopic (exact) mass is 315 g/mol. The van der Waals surface area contributed by atoms with Crippen molar-refractivity contribution in [2.45, 2.75) is 25.8 Å². The first-order valence-corrected chi connectivity index (χ1v) is 6.48. The molecule has 1 heterocycles. The second kappa shape index (κ2) is 8.15. The smallest absolute Gasteiger partial charge is 0.326 e. The number of aliphatic carboxylic acids is 1. The maximum atomic E-state index is 11.8. The summed E-state index contributed by atoms with van der Waals surface area (Å²) in [6.07, 6.45) is 2.19. The molecule has 0 unspecified atom stereocenters. The third kappa shape index (κ3) is 5.74. The van der Waals surface area contributed by atoms with Crippen LogP contribution in [-0.2, 0) is 14.3 Å². The van der Waals surface area contributed by atoms with Crippen molar-refractivity contribution in [3.8, 4) is 0 Å². The molecule has 0 aliphatic carbocycles. The molecule has 9 heteroatoms. The predicted molar refractivity (Wildman–Crippen MR) is 71.8 cm³/mol. The van der Waals surface area contributed by atoms with Crippen molar-refractivity contribution in [3.05, 3.63) is 23.2 Å². The molecule has 1 rings (SSSR count). The fourth-order valence-electron chi connectivity index (χ4n) is 1.44. The number of carbonyl (C=O) groups is 3. The Morgan fingerprint density at radius 3 is 2.71 bits per heavy atom. The second-order valence-corrected chi connectivity index (χ2v) is 4.32. The van der Waals surface area contributed by atoms with Gasteiger partial charge < -0.3 is 15.2 Å². The highest BCUT2D eigenvalue weighted by atomic mass is 35.5. The summed E-state index contributed by atoms with van der Waals surface area (Å²) in [5.41, 5.74) is -0.107. The normalized spacial score (nSPS) is 11.5. The number of aromatic nitrogens is 2. The molecule has 0 spiro atoms. The number of ether oxygens (including phenoxy) is 1. The molecule has 2 N–H and O–H groups in total. The number of hydrogen-bond donors (Lipinski definition) is 2. The average Bonchev–Trinajstić information content (AvgIpc) is 2.43. The molecular weight excluding hydrogens is 302 g/mol. The van der Waals surface area contributed by atoms with Crippen molar-refractivity contribution < 1.29 is 24.2 Å². The molecule has 0 bridgehead atoms. The minimum atomic E-state index is -1.26. The predicted octanol–water partition coefficient (Wildman–Crippen LogP) is 0.656. The van der Waals surface area contributed by atoms with Gasteiger partial charge in [-0.15, -0.1) is 0 Å². The van der Waals surface area contributed by atoms with Crippen LogP contribution < -0.4 is 5.32 Å². The number of carboxylic acids is 1. The first-order valence-electron chi connectivity index (χ1n) is 6.10. The van der Waals surface area contributed by atoms with E-state index in [0.717, 1.165) is 6.20 Å². The number of esters is 1. The molecular formula is C12H14ClN3O5. The summed E-state index contributed by atoms with van der Waals surface area (Å²) in [4.78, 5) is 41.5. The summed E-state index contributed by atoms with van der Waals surface area (Å²) in [6.45, 7) is 1.85. The van der Waals surface area contributed by atoms with Gasteiger partial charge in [0.15, 0.2) is 0 Å². The topological polar surface area (TPSA) is 118 Å². The minimum Gasteiger partial charge on any atom is -0.480 e. The maximum Gasteiger partial charge on any atom is 0.326 e. The fourth-order valence-corrected chi connectivity index (χ4v) is 1.58. The third-order valence-electron chi connectivity index (χ3n) is 2.38. The van der Waals surface area contributed by atoms with Crippen LogP contribution in [0.1, 0.15) is 30.3 Å². The molecule has 0 saturated carbocycles. The number of halogens is 1. The van der Waals surface area contributed by atoms with Gasteiger partial charge in [0.25, 0.3) is 5.91 Å². The molecule has 114 valence electrons. The van der Waals surface area contributed by atoms with E-state index in [1.54, 1.807) is 6.92 Å². The van der Waals surface area contributed by atoms with Gasteiger partial charge in [0.05, 0.1) is 19.0 Å². The Morgan fingerprint density at radius 2 is 2.14 bits per heavy atom. The Morgan fingerprint density at radius 1 is 1.43 bits per heavy atom. The van der Waals surface area contributed by atoms with Gasteiger partial charge in [-0.2, -0.15) is 0 Å². The van der Waals surface area contributed by atoms with Gasteiger partial charge in [-0.1, -0.05) is 11.6 Å². The van der Waals surface area contributed by atoms with Gasteiger partial charge >= 0.3 is 11.9 Å². The number of amides is 1. The zero-order chi connectivity index (χ0) is 15.8. The lowest BCUT2D eigenvalue weighted by Crippen LogP contribution is -2.41. The summed E-state index contributed by atoms with van der Waals surface area (Å²) < 4.78 is 4.69. The van der Waals surface area contributed by atoms with Crippen LogP contribution in [0.5, 0.6) is 0 Å². The molecule has 21 heavy (non-hydrogen) atoms. The SMILES string of the molecule is CCOC(=O)CC[C@H](NC(=O)c1cncc(Cl)n1)C(=O)O. The summed E-state index contributed by atoms with van der Waals surface area (Å²) in [7, 11) is 0. The van der Waals surface area contributed by atoms with Crippen LogP contribution in [0.3, 0.4) is 0 Å². The highest BCUT2D eigenvalue weighted by molar-refractivity contribution is 6.29. The lowest BCUT2D eigenvalue weighted by Gasteiger charge is -2.13. The van der Waals surface area contributed by atoms with E-state index < -0.39 is 23.9 Å². The van der Waals surface area contributed by atoms with Gasteiger partial charge in [-0.3, -0.25) is 14.6 Å². The zero-order valence-corrected chi connectivity index (χ0v) is 12.0. The average molecular weight is 316 g/mol. The Hall–Kier alpha value is -2.22. The van der Waals surface area contributed by atoms with Crippen molar-refractivity contribution >= 4 is 29.4 Å². The minimum absolute atomic E-state index is 0.0149. The van der Waals surface area contributed by atoms with E-state index in [-0.39, 0.29) is 30.3 Å². The van der Waals surface area contributed by atoms with Crippen LogP contribution in [0.15, 0.2) is 12.4 Å². The third-order valence-corrected chi connectivity index (χ3v) is 2.57. The number of carbonyl (C=O) groups excluding carboxylic acids is 2. The fraction of sp³-hybridized carbons (Fsp3) is 0.417. The summed E-state index contributed by atoms with van der Waals surface area (Å²) in [6, 6.07) is -1.23. The van der Waals surface area contributed by atoms with E-state index in [9.17, 15) is 14.4 Å². The molecule has 0 aliphatic heterocycles. The largest absolute Gasteiger partial charge is 0.480 e. The number of nitrogens with zero attached hydrogens (tertiary/aromatic N) is 2. The van der Waals surface area contributed by atoms with E-state index >= 15 is 0 Å². The van der Waals surface area contributed by atoms with E-state index in [0.29, 0.717) is 0 Å². The van der Waals surface area contributed by atoms with E-state index in [2.05, 4.69) is 15.3 Å². The van der Waals surface area contributed by atoms with Crippen LogP contribution in [0.25, 0.3) is 0 Å². The first kappa shape index (κ1) is 16.8. The van der Waals surface area contributed by atoms with Gasteiger partial charge in [0, 0.05) is 6.42 Å². The summed E-state index contributed by atoms with van der Waals surface area (Å²) in [5, 5.41) is 11.3. The standard InChI is InChI=1S/C12H14ClN3O5/c1-2-21-10(17)4-3-7(12(19)20)16-11(18)8-5-14-6-9(13)15-8/h5-7H,2-4H2,1H3,(H,16,18)(H,19,20)/t7-/m0/s1. The Labute approximate surface area is 125 Å². The van der Waals surface area contributed by atoms with Crippen molar-refractivity contribution in [1.29, 1.82) is 0 Å². The number of nitrogens with one attached hydrogen (secondary N) is 1. The quantitative estimate of drug-likeness (QED) is 0.709. The van der Waals surface area contributed by atoms with Gasteiger partial charge in [0.1, 0.15) is 16.9 Å². The van der Waals surface area contributed by atoms with Crippen LogP contribution in [-0.4, -0.2) is 45.6 Å². The lowest BCUT2D eigenvalue weighted by atomic mass is 10.1. The molecule has 0 aromatic carbocycles. The highest BCUT2D eigenvalue weighted by Crippen LogP contribution is 2.05. The molecule has 0 saturated heterocycles. The van der Waals surface area contributed by atoms with Gasteiger partial charge in [0.2, 0.25) is 0 Å². The molecule has 0 fully saturated rings. The molecule has 1 aromatic rings. The van der Waals surface area contributed by atoms with Crippen molar-refractivity contribution in [2.24, 2.45) is 0 Å². The van der Waals surface area contributed by atoms with Crippen molar-refractivity contribution in [1.82, 2.24) is 15.3 Å². The summed E-state index contributed by atoms with van der Waals surface area (Å²) >= 11 is 5.59. The number of hydrogen-bond acceptors (Lipinski definition) is 6. The number of carboxylic acid groups (broad SMARTS) is 1. The van der Waals surface area contributed by atoms with E-state index in [4.69, 9.17) is 21.4 Å². The zero-order valence-electron chi connectivity index (χ0n) is 11.2. The molecule has 0 aliphatic rings. The number of rotatable bonds is 7. The molecule has 1 atom stereocenters. The Bertz CT molecular complexity index is 537. The van der Waals surface area contributed by atoms with Crippen molar-refractivity contribution in [2.75, 3.05) is 6.61 Å². The summed E-state index contributed by atoms with van der Waals surface area (Å²) in [5.74, 6) is -2.52. The lowest BCUT2D eigenvalue weighted by molar-refractivity contribution is -0.144.